The number of nitrogens with zero attached hydrogens (tertiary/aromatic N) is 3. The second-order valence-corrected chi connectivity index (χ2v) is 7.96. The molecule has 1 saturated heterocycles. The van der Waals surface area contributed by atoms with Gasteiger partial charge in [0.05, 0.1) is 11.0 Å². The molecule has 4 rings (SSSR count). The summed E-state index contributed by atoms with van der Waals surface area (Å²) in [6.45, 7) is 5.07. The maximum absolute atomic E-state index is 4.62. The number of guanidine groups is 1. The SMILES string of the molecule is CN=C(NCCc1nc2ccccc2[nH]1)NCc1ccc(CN2CCCCC2)cc1. The number of piperidine rings is 1. The second-order valence-electron chi connectivity index (χ2n) is 7.96. The lowest BCUT2D eigenvalue weighted by atomic mass is 10.1. The summed E-state index contributed by atoms with van der Waals surface area (Å²) >= 11 is 0. The molecule has 158 valence electrons. The van der Waals surface area contributed by atoms with Crippen molar-refractivity contribution >= 4 is 17.0 Å². The van der Waals surface area contributed by atoms with Gasteiger partial charge in [-0.3, -0.25) is 9.89 Å². The molecule has 2 heterocycles. The molecule has 0 saturated carbocycles. The summed E-state index contributed by atoms with van der Waals surface area (Å²) < 4.78 is 0. The van der Waals surface area contributed by atoms with Gasteiger partial charge in [-0.05, 0) is 49.2 Å². The van der Waals surface area contributed by atoms with Gasteiger partial charge in [0, 0.05) is 33.1 Å². The van der Waals surface area contributed by atoms with E-state index in [0.29, 0.717) is 0 Å². The molecule has 0 atom stereocenters. The Hall–Kier alpha value is -2.86. The summed E-state index contributed by atoms with van der Waals surface area (Å²) in [6.07, 6.45) is 4.88. The van der Waals surface area contributed by atoms with E-state index < -0.39 is 0 Å². The highest BCUT2D eigenvalue weighted by molar-refractivity contribution is 5.79. The average Bonchev–Trinajstić information content (AvgIpc) is 3.21. The Bertz CT molecular complexity index is 920. The van der Waals surface area contributed by atoms with Gasteiger partial charge in [0.25, 0.3) is 0 Å². The van der Waals surface area contributed by atoms with Crippen LogP contribution in [-0.2, 0) is 19.5 Å². The lowest BCUT2D eigenvalue weighted by Crippen LogP contribution is -2.37. The minimum absolute atomic E-state index is 0.758. The third-order valence-corrected chi connectivity index (χ3v) is 5.65. The second kappa shape index (κ2) is 10.3. The summed E-state index contributed by atoms with van der Waals surface area (Å²) in [5, 5.41) is 6.77. The van der Waals surface area contributed by atoms with E-state index in [4.69, 9.17) is 0 Å². The van der Waals surface area contributed by atoms with E-state index in [-0.39, 0.29) is 0 Å². The summed E-state index contributed by atoms with van der Waals surface area (Å²) in [4.78, 5) is 14.9. The average molecular weight is 405 g/mol. The Balaban J connectivity index is 1.21. The number of nitrogens with one attached hydrogen (secondary N) is 3. The van der Waals surface area contributed by atoms with Crippen molar-refractivity contribution in [2.45, 2.75) is 38.8 Å². The number of aromatic nitrogens is 2. The Kier molecular flexibility index (Phi) is 6.98. The molecule has 6 nitrogen and oxygen atoms in total. The monoisotopic (exact) mass is 404 g/mol. The van der Waals surface area contributed by atoms with Crippen LogP contribution in [0.2, 0.25) is 0 Å². The number of hydrogen-bond donors (Lipinski definition) is 3. The molecule has 0 aliphatic carbocycles. The zero-order valence-corrected chi connectivity index (χ0v) is 17.8. The van der Waals surface area contributed by atoms with Crippen LogP contribution in [0.4, 0.5) is 0 Å². The van der Waals surface area contributed by atoms with E-state index in [1.807, 2.05) is 18.2 Å². The minimum Gasteiger partial charge on any atom is -0.356 e. The molecule has 30 heavy (non-hydrogen) atoms. The molecule has 1 aliphatic rings. The largest absolute Gasteiger partial charge is 0.356 e. The van der Waals surface area contributed by atoms with Gasteiger partial charge in [0.1, 0.15) is 5.82 Å². The molecule has 0 bridgehead atoms. The molecule has 0 unspecified atom stereocenters. The van der Waals surface area contributed by atoms with Gasteiger partial charge in [0.15, 0.2) is 5.96 Å². The number of aliphatic imine (C=N–C) groups is 1. The van der Waals surface area contributed by atoms with E-state index in [2.05, 4.69) is 60.8 Å². The van der Waals surface area contributed by atoms with Gasteiger partial charge in [0.2, 0.25) is 0 Å². The van der Waals surface area contributed by atoms with E-state index in [0.717, 1.165) is 48.9 Å². The van der Waals surface area contributed by atoms with Crippen molar-refractivity contribution < 1.29 is 0 Å². The first-order valence-corrected chi connectivity index (χ1v) is 11.0. The molecular formula is C24H32N6. The lowest BCUT2D eigenvalue weighted by molar-refractivity contribution is 0.221. The lowest BCUT2D eigenvalue weighted by Gasteiger charge is -2.26. The van der Waals surface area contributed by atoms with Crippen molar-refractivity contribution in [3.63, 3.8) is 0 Å². The topological polar surface area (TPSA) is 68.3 Å². The Labute approximate surface area is 178 Å². The van der Waals surface area contributed by atoms with Crippen LogP contribution >= 0.6 is 0 Å². The highest BCUT2D eigenvalue weighted by Crippen LogP contribution is 2.14. The number of aromatic amines is 1. The predicted octanol–water partition coefficient (Wildman–Crippen LogP) is 3.46. The highest BCUT2D eigenvalue weighted by atomic mass is 15.2. The smallest absolute Gasteiger partial charge is 0.191 e. The van der Waals surface area contributed by atoms with Crippen LogP contribution in [0, 0.1) is 0 Å². The van der Waals surface area contributed by atoms with Crippen molar-refractivity contribution in [3.05, 3.63) is 65.5 Å². The van der Waals surface area contributed by atoms with Gasteiger partial charge in [-0.1, -0.05) is 42.8 Å². The Morgan fingerprint density at radius 2 is 1.77 bits per heavy atom. The summed E-state index contributed by atoms with van der Waals surface area (Å²) in [7, 11) is 1.80. The quantitative estimate of drug-likeness (QED) is 0.417. The molecule has 1 aliphatic heterocycles. The minimum atomic E-state index is 0.758. The number of hydrogen-bond acceptors (Lipinski definition) is 3. The predicted molar refractivity (Wildman–Crippen MR) is 124 cm³/mol. The maximum atomic E-state index is 4.62. The number of benzene rings is 2. The molecule has 0 amide bonds. The number of H-pyrrole nitrogens is 1. The first kappa shape index (κ1) is 20.4. The Morgan fingerprint density at radius 3 is 2.53 bits per heavy atom. The van der Waals surface area contributed by atoms with Crippen molar-refractivity contribution in [1.29, 1.82) is 0 Å². The zero-order chi connectivity index (χ0) is 20.6. The van der Waals surface area contributed by atoms with Crippen LogP contribution in [0.1, 0.15) is 36.2 Å². The van der Waals surface area contributed by atoms with Gasteiger partial charge < -0.3 is 15.6 Å². The standard InChI is InChI=1S/C24H32N6/c1-25-24(26-14-13-23-28-21-7-3-4-8-22(21)29-23)27-17-19-9-11-20(12-10-19)18-30-15-5-2-6-16-30/h3-4,7-12H,2,5-6,13-18H2,1H3,(H,28,29)(H2,25,26,27). The van der Waals surface area contributed by atoms with E-state index in [1.54, 1.807) is 7.05 Å². The molecule has 0 spiro atoms. The van der Waals surface area contributed by atoms with Crippen LogP contribution < -0.4 is 10.6 Å². The van der Waals surface area contributed by atoms with E-state index in [9.17, 15) is 0 Å². The van der Waals surface area contributed by atoms with Crippen molar-refractivity contribution in [1.82, 2.24) is 25.5 Å². The fraction of sp³-hybridized carbons (Fsp3) is 0.417. The fourth-order valence-electron chi connectivity index (χ4n) is 3.97. The van der Waals surface area contributed by atoms with Crippen molar-refractivity contribution in [2.75, 3.05) is 26.7 Å². The highest BCUT2D eigenvalue weighted by Gasteiger charge is 2.10. The first-order chi connectivity index (χ1) is 14.8. The van der Waals surface area contributed by atoms with Crippen molar-refractivity contribution in [2.24, 2.45) is 4.99 Å². The van der Waals surface area contributed by atoms with E-state index >= 15 is 0 Å². The first-order valence-electron chi connectivity index (χ1n) is 11.0. The summed E-state index contributed by atoms with van der Waals surface area (Å²) in [6, 6.07) is 17.1. The molecule has 6 heteroatoms. The molecule has 1 aromatic heterocycles. The fourth-order valence-corrected chi connectivity index (χ4v) is 3.97. The summed E-state index contributed by atoms with van der Waals surface area (Å²) in [5.41, 5.74) is 4.75. The van der Waals surface area contributed by atoms with Gasteiger partial charge in [-0.2, -0.15) is 0 Å². The van der Waals surface area contributed by atoms with Gasteiger partial charge in [-0.15, -0.1) is 0 Å². The Morgan fingerprint density at radius 1 is 1.00 bits per heavy atom. The third-order valence-electron chi connectivity index (χ3n) is 5.65. The number of rotatable bonds is 7. The summed E-state index contributed by atoms with van der Waals surface area (Å²) in [5.74, 6) is 1.80. The molecule has 2 aromatic carbocycles. The number of likely N-dealkylation sites (tertiary alicyclic amines) is 1. The van der Waals surface area contributed by atoms with Crippen LogP contribution in [0.5, 0.6) is 0 Å². The third kappa shape index (κ3) is 5.60. The van der Waals surface area contributed by atoms with Crippen LogP contribution in [0.3, 0.4) is 0 Å². The molecular weight excluding hydrogens is 372 g/mol. The molecule has 3 aromatic rings. The van der Waals surface area contributed by atoms with Gasteiger partial charge in [-0.25, -0.2) is 4.98 Å². The molecule has 0 radical (unpaired) electrons. The molecule has 3 N–H and O–H groups in total. The normalized spacial score (nSPS) is 15.4. The van der Waals surface area contributed by atoms with Crippen molar-refractivity contribution in [3.8, 4) is 0 Å². The van der Waals surface area contributed by atoms with Crippen LogP contribution in [0.25, 0.3) is 11.0 Å². The van der Waals surface area contributed by atoms with Crippen LogP contribution in [0.15, 0.2) is 53.5 Å². The van der Waals surface area contributed by atoms with Crippen LogP contribution in [-0.4, -0.2) is 47.5 Å². The number of fused-ring (bicyclic) bond motifs is 1. The molecule has 1 fully saturated rings. The van der Waals surface area contributed by atoms with Gasteiger partial charge >= 0.3 is 0 Å². The van der Waals surface area contributed by atoms with E-state index in [1.165, 1.54) is 43.5 Å². The maximum Gasteiger partial charge on any atom is 0.191 e. The number of imidazole rings is 1. The number of para-hydroxylation sites is 2. The zero-order valence-electron chi connectivity index (χ0n) is 17.8.